The van der Waals surface area contributed by atoms with Gasteiger partial charge < -0.3 is 25.7 Å². The molecule has 0 saturated carbocycles. The van der Waals surface area contributed by atoms with Crippen molar-refractivity contribution in [1.82, 2.24) is 29.2 Å². The Morgan fingerprint density at radius 1 is 1.02 bits per heavy atom. The van der Waals surface area contributed by atoms with Crippen LogP contribution in [0.15, 0.2) is 47.7 Å². The van der Waals surface area contributed by atoms with Crippen molar-refractivity contribution in [3.8, 4) is 11.1 Å². The second kappa shape index (κ2) is 14.9. The normalized spacial score (nSPS) is 15.0. The fraction of sp³-hybridized carbons (Fsp3) is 0.419. The third-order valence-electron chi connectivity index (χ3n) is 7.80. The minimum absolute atomic E-state index is 0.0901. The van der Waals surface area contributed by atoms with Crippen LogP contribution in [0.5, 0.6) is 0 Å². The molecule has 15 nitrogen and oxygen atoms in total. The second-order valence-electron chi connectivity index (χ2n) is 10.9. The number of benzene rings is 1. The maximum atomic E-state index is 13.1. The highest BCUT2D eigenvalue weighted by Gasteiger charge is 2.31. The molecule has 244 valence electrons. The van der Waals surface area contributed by atoms with Gasteiger partial charge in [-0.25, -0.2) is 9.78 Å². The molecule has 1 aliphatic heterocycles. The van der Waals surface area contributed by atoms with Crippen molar-refractivity contribution in [2.24, 2.45) is 12.8 Å². The van der Waals surface area contributed by atoms with E-state index in [4.69, 9.17) is 25.7 Å². The van der Waals surface area contributed by atoms with Crippen molar-refractivity contribution >= 4 is 34.6 Å². The highest BCUT2D eigenvalue weighted by molar-refractivity contribution is 6.00. The van der Waals surface area contributed by atoms with E-state index in [1.165, 1.54) is 4.57 Å². The summed E-state index contributed by atoms with van der Waals surface area (Å²) in [5.74, 6) is -1.31. The number of pyridine rings is 1. The van der Waals surface area contributed by atoms with E-state index < -0.39 is 17.9 Å². The molecular weight excluding hydrogens is 596 g/mol. The summed E-state index contributed by atoms with van der Waals surface area (Å²) in [5, 5.41) is 6.65. The number of anilines is 1. The van der Waals surface area contributed by atoms with Crippen LogP contribution in [0.2, 0.25) is 0 Å². The number of piperidine rings is 1. The number of para-hydroxylation sites is 1. The number of imidazole rings is 1. The first-order valence-electron chi connectivity index (χ1n) is 15.1. The van der Waals surface area contributed by atoms with E-state index in [-0.39, 0.29) is 29.4 Å². The van der Waals surface area contributed by atoms with Gasteiger partial charge in [-0.05, 0) is 37.0 Å². The first-order chi connectivity index (χ1) is 22.2. The Hall–Kier alpha value is -4.86. The Morgan fingerprint density at radius 3 is 2.50 bits per heavy atom. The highest BCUT2D eigenvalue weighted by atomic mass is 16.5. The van der Waals surface area contributed by atoms with E-state index in [1.807, 2.05) is 24.4 Å². The molecule has 1 aromatic carbocycles. The Labute approximate surface area is 264 Å². The number of fused-ring (bicyclic) bond motifs is 1. The molecule has 1 fully saturated rings. The topological polar surface area (TPSA) is 201 Å². The van der Waals surface area contributed by atoms with Crippen LogP contribution in [-0.4, -0.2) is 81.3 Å². The predicted molar refractivity (Wildman–Crippen MR) is 168 cm³/mol. The molecule has 1 aliphatic rings. The van der Waals surface area contributed by atoms with Crippen LogP contribution >= 0.6 is 0 Å². The van der Waals surface area contributed by atoms with Gasteiger partial charge in [0.05, 0.1) is 62.4 Å². The van der Waals surface area contributed by atoms with Crippen LogP contribution in [0.3, 0.4) is 0 Å². The maximum Gasteiger partial charge on any atom is 0.329 e. The van der Waals surface area contributed by atoms with Crippen molar-refractivity contribution < 1.29 is 28.6 Å². The van der Waals surface area contributed by atoms with Gasteiger partial charge in [0.25, 0.3) is 5.91 Å². The Kier molecular flexibility index (Phi) is 10.6. The molecule has 15 heteroatoms. The molecule has 0 radical (unpaired) electrons. The van der Waals surface area contributed by atoms with Crippen LogP contribution in [0.1, 0.15) is 41.2 Å². The number of amides is 3. The number of ether oxygens (including phenoxy) is 3. The predicted octanol–water partition coefficient (Wildman–Crippen LogP) is 0.940. The molecule has 4 heterocycles. The van der Waals surface area contributed by atoms with E-state index in [2.05, 4.69) is 15.4 Å². The molecule has 5 rings (SSSR count). The minimum Gasteiger partial charge on any atom is -0.383 e. The van der Waals surface area contributed by atoms with E-state index in [1.54, 1.807) is 34.8 Å². The number of carbonyl (C=O) groups is 3. The number of nitrogens with one attached hydrogen (secondary N) is 1. The molecule has 46 heavy (non-hydrogen) atoms. The molecule has 0 aliphatic carbocycles. The van der Waals surface area contributed by atoms with E-state index in [0.29, 0.717) is 70.1 Å². The molecule has 5 N–H and O–H groups in total. The van der Waals surface area contributed by atoms with Gasteiger partial charge in [0, 0.05) is 43.6 Å². The zero-order valence-corrected chi connectivity index (χ0v) is 25.6. The molecule has 1 unspecified atom stereocenters. The third kappa shape index (κ3) is 7.50. The van der Waals surface area contributed by atoms with Crippen molar-refractivity contribution in [3.05, 3.63) is 64.5 Å². The molecule has 1 saturated heterocycles. The number of rotatable bonds is 16. The number of aromatic nitrogens is 5. The number of nitrogens with zero attached hydrogens (tertiary/aromatic N) is 5. The number of imide groups is 1. The quantitative estimate of drug-likeness (QED) is 0.118. The van der Waals surface area contributed by atoms with E-state index >= 15 is 0 Å². The van der Waals surface area contributed by atoms with Gasteiger partial charge in [-0.3, -0.25) is 33.5 Å². The minimum atomic E-state index is -0.706. The summed E-state index contributed by atoms with van der Waals surface area (Å²) in [6.07, 6.45) is 7.01. The molecule has 0 spiro atoms. The third-order valence-corrected chi connectivity index (χ3v) is 7.80. The average molecular weight is 635 g/mol. The lowest BCUT2D eigenvalue weighted by atomic mass is 10.0. The summed E-state index contributed by atoms with van der Waals surface area (Å²) in [7, 11) is 1.70. The fourth-order valence-corrected chi connectivity index (χ4v) is 5.48. The first-order valence-corrected chi connectivity index (χ1v) is 15.1. The zero-order chi connectivity index (χ0) is 32.6. The molecule has 3 aromatic heterocycles. The van der Waals surface area contributed by atoms with Crippen LogP contribution in [0, 0.1) is 0 Å². The Bertz CT molecular complexity index is 1780. The Morgan fingerprint density at radius 2 is 1.76 bits per heavy atom. The lowest BCUT2D eigenvalue weighted by Crippen LogP contribution is -2.44. The first kappa shape index (κ1) is 32.5. The number of nitrogen functional groups attached to an aromatic ring is 1. The van der Waals surface area contributed by atoms with Gasteiger partial charge in [0.1, 0.15) is 11.9 Å². The van der Waals surface area contributed by atoms with Gasteiger partial charge in [-0.1, -0.05) is 12.1 Å². The van der Waals surface area contributed by atoms with Crippen LogP contribution < -0.4 is 22.5 Å². The summed E-state index contributed by atoms with van der Waals surface area (Å²) in [6.45, 7) is 3.26. The van der Waals surface area contributed by atoms with Gasteiger partial charge in [-0.15, -0.1) is 0 Å². The number of hydrogen-bond donors (Lipinski definition) is 3. The van der Waals surface area contributed by atoms with Crippen molar-refractivity contribution in [2.75, 3.05) is 45.4 Å². The standard InChI is InChI=1S/C31H38N8O7/c1-37-27-20(4-2-6-24(27)39(31(37)43)25-7-8-26(40)36-30(25)42)5-3-10-44-12-14-46-15-13-45-11-9-38-19-22(18-35-38)21-16-23(29(33)41)28(32)34-17-21/h2,4,6,16-19,25H,3,5,7-15H2,1H3,(H2,32,34)(H2,33,41)(H,36,40,42). The summed E-state index contributed by atoms with van der Waals surface area (Å²) >= 11 is 0. The summed E-state index contributed by atoms with van der Waals surface area (Å²) in [5.41, 5.74) is 14.9. The Balaban J connectivity index is 0.964. The average Bonchev–Trinajstić information content (AvgIpc) is 3.60. The SMILES string of the molecule is Cn1c(=O)n(C2CCC(=O)NC2=O)c2cccc(CCCOCCOCCOCCn3cc(-c4cnc(N)c(C(N)=O)c4)cn3)c21. The van der Waals surface area contributed by atoms with Crippen LogP contribution in [0.4, 0.5) is 5.82 Å². The second-order valence-corrected chi connectivity index (χ2v) is 10.9. The smallest absolute Gasteiger partial charge is 0.329 e. The summed E-state index contributed by atoms with van der Waals surface area (Å²) in [4.78, 5) is 52.7. The maximum absolute atomic E-state index is 13.1. The summed E-state index contributed by atoms with van der Waals surface area (Å²) < 4.78 is 21.8. The van der Waals surface area contributed by atoms with Gasteiger partial charge in [-0.2, -0.15) is 5.10 Å². The van der Waals surface area contributed by atoms with Crippen LogP contribution in [0.25, 0.3) is 22.2 Å². The van der Waals surface area contributed by atoms with Crippen LogP contribution in [-0.2, 0) is 43.8 Å². The van der Waals surface area contributed by atoms with Crippen molar-refractivity contribution in [1.29, 1.82) is 0 Å². The van der Waals surface area contributed by atoms with Gasteiger partial charge >= 0.3 is 5.69 Å². The lowest BCUT2D eigenvalue weighted by molar-refractivity contribution is -0.135. The number of primary amides is 1. The number of aryl methyl sites for hydroxylation is 2. The molecule has 1 atom stereocenters. The number of hydrogen-bond acceptors (Lipinski definition) is 10. The zero-order valence-electron chi connectivity index (χ0n) is 25.6. The largest absolute Gasteiger partial charge is 0.383 e. The lowest BCUT2D eigenvalue weighted by Gasteiger charge is -2.21. The molecular formula is C31H38N8O7. The number of nitrogens with two attached hydrogens (primary N) is 2. The molecule has 3 amide bonds. The van der Waals surface area contributed by atoms with Crippen molar-refractivity contribution in [3.63, 3.8) is 0 Å². The monoisotopic (exact) mass is 634 g/mol. The molecule has 0 bridgehead atoms. The van der Waals surface area contributed by atoms with Gasteiger partial charge in [0.15, 0.2) is 0 Å². The fourth-order valence-electron chi connectivity index (χ4n) is 5.48. The summed E-state index contributed by atoms with van der Waals surface area (Å²) in [6, 6.07) is 6.58. The molecule has 4 aromatic rings. The van der Waals surface area contributed by atoms with Crippen molar-refractivity contribution in [2.45, 2.75) is 38.3 Å². The van der Waals surface area contributed by atoms with E-state index in [9.17, 15) is 19.2 Å². The highest BCUT2D eigenvalue weighted by Crippen LogP contribution is 2.26. The van der Waals surface area contributed by atoms with Gasteiger partial charge in [0.2, 0.25) is 11.8 Å². The van der Waals surface area contributed by atoms with E-state index in [0.717, 1.165) is 23.1 Å². The number of carbonyl (C=O) groups excluding carboxylic acids is 3.